The lowest BCUT2D eigenvalue weighted by atomic mass is 10.1. The second-order valence-corrected chi connectivity index (χ2v) is 7.93. The van der Waals surface area contributed by atoms with Gasteiger partial charge in [-0.15, -0.1) is 0 Å². The molecule has 0 aliphatic carbocycles. The second kappa shape index (κ2) is 13.7. The van der Waals surface area contributed by atoms with Crippen LogP contribution in [0.25, 0.3) is 0 Å². The Bertz CT molecular complexity index is 788. The number of carbonyl (C=O) groups excluding carboxylic acids is 2. The molecule has 31 heavy (non-hydrogen) atoms. The Labute approximate surface area is 186 Å². The fraction of sp³-hybridized carbons (Fsp3) is 0.520. The molecule has 1 unspecified atom stereocenters. The molecule has 0 radical (unpaired) electrons. The monoisotopic (exact) mass is 429 g/mol. The predicted octanol–water partition coefficient (Wildman–Crippen LogP) is 2.80. The summed E-state index contributed by atoms with van der Waals surface area (Å²) in [7, 11) is 0. The molecule has 1 N–H and O–H groups in total. The molecule has 0 saturated heterocycles. The fourth-order valence-corrected chi connectivity index (χ4v) is 3.56. The normalized spacial score (nSPS) is 11.8. The number of aryl methyl sites for hydroxylation is 1. The molecule has 0 fully saturated rings. The van der Waals surface area contributed by atoms with Crippen LogP contribution in [0.5, 0.6) is 0 Å². The summed E-state index contributed by atoms with van der Waals surface area (Å²) < 4.78 is 10.8. The van der Waals surface area contributed by atoms with E-state index in [1.807, 2.05) is 42.2 Å². The molecule has 1 heterocycles. The molecule has 0 bridgehead atoms. The van der Waals surface area contributed by atoms with Crippen molar-refractivity contribution in [2.45, 2.75) is 53.0 Å². The van der Waals surface area contributed by atoms with E-state index in [4.69, 9.17) is 9.15 Å². The van der Waals surface area contributed by atoms with Crippen molar-refractivity contribution < 1.29 is 23.6 Å². The molecule has 6 heteroatoms. The number of quaternary nitrogens is 1. The minimum atomic E-state index is -0.251. The van der Waals surface area contributed by atoms with E-state index in [-0.39, 0.29) is 25.0 Å². The third-order valence-electron chi connectivity index (χ3n) is 5.24. The van der Waals surface area contributed by atoms with E-state index in [0.29, 0.717) is 19.7 Å². The minimum Gasteiger partial charge on any atom is -0.464 e. The van der Waals surface area contributed by atoms with E-state index in [1.165, 1.54) is 5.56 Å². The highest BCUT2D eigenvalue weighted by Gasteiger charge is 2.23. The van der Waals surface area contributed by atoms with Crippen LogP contribution in [0.4, 0.5) is 0 Å². The number of hydrogen-bond donors (Lipinski definition) is 1. The van der Waals surface area contributed by atoms with E-state index >= 15 is 0 Å². The number of esters is 1. The second-order valence-electron chi connectivity index (χ2n) is 7.93. The van der Waals surface area contributed by atoms with Gasteiger partial charge in [0, 0.05) is 6.54 Å². The molecule has 1 aromatic heterocycles. The van der Waals surface area contributed by atoms with Crippen molar-refractivity contribution in [1.29, 1.82) is 0 Å². The van der Waals surface area contributed by atoms with Crippen molar-refractivity contribution in [3.63, 3.8) is 0 Å². The summed E-state index contributed by atoms with van der Waals surface area (Å²) in [6.07, 6.45) is 3.95. The molecule has 1 aromatic carbocycles. The average Bonchev–Trinajstić information content (AvgIpc) is 3.16. The van der Waals surface area contributed by atoms with Crippen molar-refractivity contribution >= 4 is 11.9 Å². The number of ether oxygens (including phenoxy) is 1. The number of amides is 1. The molecule has 0 aliphatic rings. The Morgan fingerprint density at radius 1 is 1.03 bits per heavy atom. The van der Waals surface area contributed by atoms with Gasteiger partial charge in [-0.05, 0) is 50.8 Å². The number of nitrogens with zero attached hydrogens (tertiary/aromatic N) is 1. The highest BCUT2D eigenvalue weighted by molar-refractivity contribution is 5.77. The maximum absolute atomic E-state index is 13.3. The molecule has 0 aliphatic heterocycles. The van der Waals surface area contributed by atoms with Crippen LogP contribution in [0.1, 0.15) is 50.2 Å². The van der Waals surface area contributed by atoms with Gasteiger partial charge in [0.15, 0.2) is 13.1 Å². The van der Waals surface area contributed by atoms with E-state index in [0.717, 1.165) is 48.6 Å². The van der Waals surface area contributed by atoms with Gasteiger partial charge in [-0.1, -0.05) is 43.7 Å². The molecular formula is C25H37N2O4+. The highest BCUT2D eigenvalue weighted by atomic mass is 16.5. The lowest BCUT2D eigenvalue weighted by Crippen LogP contribution is -3.14. The first-order valence-corrected chi connectivity index (χ1v) is 11.4. The van der Waals surface area contributed by atoms with Gasteiger partial charge in [0.1, 0.15) is 11.5 Å². The number of unbranched alkanes of at least 4 members (excludes halogenated alkanes) is 2. The van der Waals surface area contributed by atoms with Gasteiger partial charge in [-0.3, -0.25) is 4.79 Å². The summed E-state index contributed by atoms with van der Waals surface area (Å²) in [6, 6.07) is 14.0. The summed E-state index contributed by atoms with van der Waals surface area (Å²) in [5.41, 5.74) is 1.19. The van der Waals surface area contributed by atoms with Crippen LogP contribution in [-0.4, -0.2) is 49.6 Å². The van der Waals surface area contributed by atoms with Crippen LogP contribution in [0.3, 0.4) is 0 Å². The SMILES string of the molecule is CCCCC[NH+](CC(=O)OCC)CC(=O)N(CCc1ccccc1)Cc1ccc(C)o1. The molecule has 2 rings (SSSR count). The van der Waals surface area contributed by atoms with Crippen LogP contribution in [-0.2, 0) is 27.3 Å². The van der Waals surface area contributed by atoms with E-state index in [1.54, 1.807) is 6.92 Å². The van der Waals surface area contributed by atoms with E-state index in [9.17, 15) is 9.59 Å². The topological polar surface area (TPSA) is 64.2 Å². The lowest BCUT2D eigenvalue weighted by Gasteiger charge is -2.25. The van der Waals surface area contributed by atoms with Crippen molar-refractivity contribution in [3.05, 3.63) is 59.5 Å². The summed E-state index contributed by atoms with van der Waals surface area (Å²) in [5.74, 6) is 1.39. The number of rotatable bonds is 14. The Morgan fingerprint density at radius 2 is 1.81 bits per heavy atom. The first kappa shape index (κ1) is 24.7. The van der Waals surface area contributed by atoms with E-state index < -0.39 is 0 Å². The fourth-order valence-electron chi connectivity index (χ4n) is 3.56. The lowest BCUT2D eigenvalue weighted by molar-refractivity contribution is -0.885. The summed E-state index contributed by atoms with van der Waals surface area (Å²) in [6.45, 7) is 8.51. The Balaban J connectivity index is 2.06. The van der Waals surface area contributed by atoms with Gasteiger partial charge in [0.25, 0.3) is 5.91 Å². The standard InChI is InChI=1S/C25H36N2O4/c1-4-6-10-16-26(20-25(29)30-5-2)19-24(28)27(18-23-14-13-21(3)31-23)17-15-22-11-8-7-9-12-22/h7-9,11-14H,4-6,10,15-20H2,1-3H3/p+1. The van der Waals surface area contributed by atoms with Gasteiger partial charge in [-0.2, -0.15) is 0 Å². The summed E-state index contributed by atoms with van der Waals surface area (Å²) in [5, 5.41) is 0. The van der Waals surface area contributed by atoms with Crippen LogP contribution in [0.2, 0.25) is 0 Å². The van der Waals surface area contributed by atoms with Gasteiger partial charge < -0.3 is 19.0 Å². The van der Waals surface area contributed by atoms with Gasteiger partial charge in [0.05, 0.1) is 19.7 Å². The molecule has 170 valence electrons. The molecule has 1 amide bonds. The molecule has 6 nitrogen and oxygen atoms in total. The van der Waals surface area contributed by atoms with Gasteiger partial charge >= 0.3 is 5.97 Å². The molecule has 2 aromatic rings. The smallest absolute Gasteiger partial charge is 0.361 e. The van der Waals surface area contributed by atoms with Crippen molar-refractivity contribution in [3.8, 4) is 0 Å². The number of nitrogens with one attached hydrogen (secondary N) is 1. The third kappa shape index (κ3) is 9.39. The van der Waals surface area contributed by atoms with Crippen LogP contribution >= 0.6 is 0 Å². The van der Waals surface area contributed by atoms with Crippen molar-refractivity contribution in [2.75, 3.05) is 32.8 Å². The zero-order valence-corrected chi connectivity index (χ0v) is 19.2. The third-order valence-corrected chi connectivity index (χ3v) is 5.24. The zero-order chi connectivity index (χ0) is 22.5. The Morgan fingerprint density at radius 3 is 2.45 bits per heavy atom. The van der Waals surface area contributed by atoms with Crippen LogP contribution < -0.4 is 4.90 Å². The van der Waals surface area contributed by atoms with Crippen LogP contribution in [0.15, 0.2) is 46.9 Å². The maximum atomic E-state index is 13.3. The zero-order valence-electron chi connectivity index (χ0n) is 19.2. The molecule has 0 spiro atoms. The minimum absolute atomic E-state index is 0.0285. The average molecular weight is 430 g/mol. The maximum Gasteiger partial charge on any atom is 0.361 e. The van der Waals surface area contributed by atoms with Gasteiger partial charge in [-0.25, -0.2) is 4.79 Å². The number of benzene rings is 1. The Hall–Kier alpha value is -2.60. The van der Waals surface area contributed by atoms with Crippen LogP contribution in [0, 0.1) is 6.92 Å². The number of furan rings is 1. The van der Waals surface area contributed by atoms with Gasteiger partial charge in [0.2, 0.25) is 0 Å². The van der Waals surface area contributed by atoms with Crippen molar-refractivity contribution in [1.82, 2.24) is 4.90 Å². The van der Waals surface area contributed by atoms with Crippen molar-refractivity contribution in [2.24, 2.45) is 0 Å². The summed E-state index contributed by atoms with van der Waals surface area (Å²) in [4.78, 5) is 28.1. The molecular weight excluding hydrogens is 392 g/mol. The number of hydrogen-bond acceptors (Lipinski definition) is 4. The summed E-state index contributed by atoms with van der Waals surface area (Å²) >= 11 is 0. The highest BCUT2D eigenvalue weighted by Crippen LogP contribution is 2.11. The predicted molar refractivity (Wildman–Crippen MR) is 121 cm³/mol. The molecule has 1 atom stereocenters. The Kier molecular flexibility index (Phi) is 10.9. The molecule has 0 saturated carbocycles. The first-order chi connectivity index (χ1) is 15.0. The van der Waals surface area contributed by atoms with E-state index in [2.05, 4.69) is 19.1 Å². The largest absolute Gasteiger partial charge is 0.464 e. The quantitative estimate of drug-likeness (QED) is 0.371. The first-order valence-electron chi connectivity index (χ1n) is 11.4. The number of carbonyl (C=O) groups is 2.